The minimum Gasteiger partial charge on any atom is -0.393 e. The molecule has 0 saturated heterocycles. The lowest BCUT2D eigenvalue weighted by Gasteiger charge is -2.27. The van der Waals surface area contributed by atoms with Crippen molar-refractivity contribution in [3.8, 4) is 0 Å². The van der Waals surface area contributed by atoms with E-state index in [1.807, 2.05) is 0 Å². The molecule has 19 heavy (non-hydrogen) atoms. The lowest BCUT2D eigenvalue weighted by molar-refractivity contribution is 0.129. The zero-order chi connectivity index (χ0) is 13.2. The zero-order valence-electron chi connectivity index (χ0n) is 11.2. The maximum Gasteiger partial charge on any atom is 0.0580 e. The van der Waals surface area contributed by atoms with Crippen LogP contribution in [0.1, 0.15) is 36.8 Å². The number of benzene rings is 1. The molecule has 0 spiro atoms. The first-order valence-corrected chi connectivity index (χ1v) is 8.20. The van der Waals surface area contributed by atoms with Gasteiger partial charge < -0.3 is 10.4 Å². The summed E-state index contributed by atoms with van der Waals surface area (Å²) >= 11 is 3.54. The van der Waals surface area contributed by atoms with Gasteiger partial charge in [-0.05, 0) is 61.3 Å². The third-order valence-electron chi connectivity index (χ3n) is 4.68. The highest BCUT2D eigenvalue weighted by Gasteiger charge is 2.26. The van der Waals surface area contributed by atoms with E-state index in [1.165, 1.54) is 41.3 Å². The number of fused-ring (bicyclic) bond motifs is 1. The van der Waals surface area contributed by atoms with Crippen LogP contribution < -0.4 is 5.32 Å². The molecule has 2 aliphatic carbocycles. The molecule has 0 heterocycles. The Bertz CT molecular complexity index is 448. The molecule has 2 aliphatic rings. The summed E-state index contributed by atoms with van der Waals surface area (Å²) in [5, 5.41) is 13.5. The van der Waals surface area contributed by atoms with Crippen LogP contribution in [0.25, 0.3) is 0 Å². The van der Waals surface area contributed by atoms with Gasteiger partial charge in [0.05, 0.1) is 6.10 Å². The lowest BCUT2D eigenvalue weighted by Crippen LogP contribution is -2.39. The summed E-state index contributed by atoms with van der Waals surface area (Å²) in [6.07, 6.45) is 6.81. The van der Waals surface area contributed by atoms with E-state index in [0.29, 0.717) is 12.0 Å². The van der Waals surface area contributed by atoms with Crippen molar-refractivity contribution in [2.45, 2.75) is 50.7 Å². The maximum atomic E-state index is 9.86. The predicted molar refractivity (Wildman–Crippen MR) is 81.3 cm³/mol. The zero-order valence-corrected chi connectivity index (χ0v) is 12.8. The normalized spacial score (nSPS) is 30.3. The average molecular weight is 324 g/mol. The first-order valence-electron chi connectivity index (χ1n) is 7.41. The number of hydrogen-bond acceptors (Lipinski definition) is 2. The summed E-state index contributed by atoms with van der Waals surface area (Å²) in [5.41, 5.74) is 2.98. The highest BCUT2D eigenvalue weighted by Crippen LogP contribution is 2.27. The van der Waals surface area contributed by atoms with Gasteiger partial charge in [-0.25, -0.2) is 0 Å². The monoisotopic (exact) mass is 323 g/mol. The Morgan fingerprint density at radius 2 is 2.11 bits per heavy atom. The van der Waals surface area contributed by atoms with Gasteiger partial charge in [0, 0.05) is 17.1 Å². The van der Waals surface area contributed by atoms with Gasteiger partial charge in [0.15, 0.2) is 0 Å². The number of aliphatic hydroxyl groups excluding tert-OH is 1. The van der Waals surface area contributed by atoms with E-state index >= 15 is 0 Å². The van der Waals surface area contributed by atoms with Gasteiger partial charge in [-0.3, -0.25) is 0 Å². The highest BCUT2D eigenvalue weighted by atomic mass is 79.9. The Hall–Kier alpha value is -0.380. The van der Waals surface area contributed by atoms with E-state index in [1.54, 1.807) is 0 Å². The van der Waals surface area contributed by atoms with E-state index in [0.717, 1.165) is 19.4 Å². The molecule has 1 aromatic rings. The summed E-state index contributed by atoms with van der Waals surface area (Å²) in [6.45, 7) is 0.984. The molecule has 2 N–H and O–H groups in total. The van der Waals surface area contributed by atoms with Crippen molar-refractivity contribution in [1.29, 1.82) is 0 Å². The van der Waals surface area contributed by atoms with Crippen molar-refractivity contribution in [1.82, 2.24) is 5.32 Å². The van der Waals surface area contributed by atoms with Gasteiger partial charge in [0.25, 0.3) is 0 Å². The molecular weight excluding hydrogens is 302 g/mol. The Kier molecular flexibility index (Phi) is 4.25. The SMILES string of the molecule is OC1CCCC1CNC1CCc2cc(Br)ccc2C1. The smallest absolute Gasteiger partial charge is 0.0580 e. The molecule has 0 amide bonds. The van der Waals surface area contributed by atoms with Crippen molar-refractivity contribution >= 4 is 15.9 Å². The van der Waals surface area contributed by atoms with Crippen LogP contribution >= 0.6 is 15.9 Å². The molecule has 3 rings (SSSR count). The first kappa shape index (κ1) is 13.6. The fourth-order valence-corrected chi connectivity index (χ4v) is 3.88. The third kappa shape index (κ3) is 3.21. The predicted octanol–water partition coefficient (Wildman–Crippen LogP) is 3.06. The van der Waals surface area contributed by atoms with Gasteiger partial charge in [-0.15, -0.1) is 0 Å². The van der Waals surface area contributed by atoms with Crippen molar-refractivity contribution in [3.05, 3.63) is 33.8 Å². The second-order valence-corrected chi connectivity index (χ2v) is 6.94. The van der Waals surface area contributed by atoms with E-state index in [2.05, 4.69) is 39.4 Å². The quantitative estimate of drug-likeness (QED) is 0.896. The van der Waals surface area contributed by atoms with Crippen molar-refractivity contribution in [3.63, 3.8) is 0 Å². The molecule has 1 saturated carbocycles. The number of aryl methyl sites for hydroxylation is 1. The Balaban J connectivity index is 1.55. The summed E-state index contributed by atoms with van der Waals surface area (Å²) in [7, 11) is 0. The number of hydrogen-bond donors (Lipinski definition) is 2. The van der Waals surface area contributed by atoms with Gasteiger partial charge >= 0.3 is 0 Å². The van der Waals surface area contributed by atoms with E-state index in [9.17, 15) is 5.11 Å². The van der Waals surface area contributed by atoms with Crippen LogP contribution in [0.2, 0.25) is 0 Å². The van der Waals surface area contributed by atoms with Gasteiger partial charge in [0.2, 0.25) is 0 Å². The molecule has 0 radical (unpaired) electrons. The van der Waals surface area contributed by atoms with Gasteiger partial charge in [-0.2, -0.15) is 0 Å². The van der Waals surface area contributed by atoms with E-state index < -0.39 is 0 Å². The highest BCUT2D eigenvalue weighted by molar-refractivity contribution is 9.10. The molecule has 0 aromatic heterocycles. The fourth-order valence-electron chi connectivity index (χ4n) is 3.47. The second kappa shape index (κ2) is 5.94. The Morgan fingerprint density at radius 3 is 2.89 bits per heavy atom. The molecule has 2 nitrogen and oxygen atoms in total. The summed E-state index contributed by atoms with van der Waals surface area (Å²) in [4.78, 5) is 0. The molecule has 1 fully saturated rings. The molecule has 104 valence electrons. The minimum absolute atomic E-state index is 0.0701. The van der Waals surface area contributed by atoms with Gasteiger partial charge in [-0.1, -0.05) is 28.4 Å². The second-order valence-electron chi connectivity index (χ2n) is 6.02. The summed E-state index contributed by atoms with van der Waals surface area (Å²) in [5.74, 6) is 0.478. The minimum atomic E-state index is -0.0701. The van der Waals surface area contributed by atoms with Crippen LogP contribution in [0, 0.1) is 5.92 Å². The Labute approximate surface area is 123 Å². The molecule has 1 aromatic carbocycles. The fraction of sp³-hybridized carbons (Fsp3) is 0.625. The van der Waals surface area contributed by atoms with Crippen LogP contribution in [0.3, 0.4) is 0 Å². The van der Waals surface area contributed by atoms with Crippen molar-refractivity contribution in [2.75, 3.05) is 6.54 Å². The number of rotatable bonds is 3. The molecular formula is C16H22BrNO. The third-order valence-corrected chi connectivity index (χ3v) is 5.18. The van der Waals surface area contributed by atoms with E-state index in [-0.39, 0.29) is 6.10 Å². The van der Waals surface area contributed by atoms with E-state index in [4.69, 9.17) is 0 Å². The van der Waals surface area contributed by atoms with Crippen molar-refractivity contribution < 1.29 is 5.11 Å². The molecule has 0 aliphatic heterocycles. The van der Waals surface area contributed by atoms with Crippen LogP contribution in [-0.2, 0) is 12.8 Å². The standard InChI is InChI=1S/C16H22BrNO/c17-14-6-4-12-9-15(7-5-11(12)8-14)18-10-13-2-1-3-16(13)19/h4,6,8,13,15-16,18-19H,1-3,5,7,9-10H2. The molecule has 3 heteroatoms. The van der Waals surface area contributed by atoms with Crippen molar-refractivity contribution in [2.24, 2.45) is 5.92 Å². The lowest BCUT2D eigenvalue weighted by atomic mass is 9.88. The largest absolute Gasteiger partial charge is 0.393 e. The maximum absolute atomic E-state index is 9.86. The van der Waals surface area contributed by atoms with Crippen LogP contribution in [0.15, 0.2) is 22.7 Å². The van der Waals surface area contributed by atoms with Crippen LogP contribution in [0.5, 0.6) is 0 Å². The average Bonchev–Trinajstić information content (AvgIpc) is 2.82. The number of halogens is 1. The molecule has 0 bridgehead atoms. The first-order chi connectivity index (χ1) is 9.22. The molecule has 3 unspecified atom stereocenters. The molecule has 3 atom stereocenters. The van der Waals surface area contributed by atoms with Gasteiger partial charge in [0.1, 0.15) is 0 Å². The topological polar surface area (TPSA) is 32.3 Å². The Morgan fingerprint density at radius 1 is 1.21 bits per heavy atom. The van der Waals surface area contributed by atoms with Crippen LogP contribution in [-0.4, -0.2) is 23.8 Å². The summed E-state index contributed by atoms with van der Waals surface area (Å²) in [6, 6.07) is 7.23. The van der Waals surface area contributed by atoms with Crippen LogP contribution in [0.4, 0.5) is 0 Å². The summed E-state index contributed by atoms with van der Waals surface area (Å²) < 4.78 is 1.19. The number of nitrogens with one attached hydrogen (secondary N) is 1. The number of aliphatic hydroxyl groups is 1.